The number of hydrogen-bond acceptors (Lipinski definition) is 6. The summed E-state index contributed by atoms with van der Waals surface area (Å²) in [4.78, 5) is 12.3. The van der Waals surface area contributed by atoms with E-state index in [9.17, 15) is 9.18 Å². The van der Waals surface area contributed by atoms with Crippen LogP contribution in [-0.2, 0) is 4.79 Å². The van der Waals surface area contributed by atoms with Crippen molar-refractivity contribution in [3.8, 4) is 0 Å². The zero-order valence-corrected chi connectivity index (χ0v) is 17.4. The standard InChI is InChI=1S/C20H21FN4OS2/c1-12(2)14-8-10-15(11-9-14)22-19-24-25-20(28-19)27-13(3)18(26)23-17-7-5-4-6-16(17)21/h4-13H,1-3H3,(H,22,24)(H,23,26)/t13-/m1/s1. The van der Waals surface area contributed by atoms with E-state index in [0.717, 1.165) is 5.69 Å². The molecule has 0 aliphatic rings. The molecule has 0 aliphatic heterocycles. The largest absolute Gasteiger partial charge is 0.330 e. The Morgan fingerprint density at radius 2 is 1.79 bits per heavy atom. The maximum Gasteiger partial charge on any atom is 0.237 e. The summed E-state index contributed by atoms with van der Waals surface area (Å²) in [6.45, 7) is 6.06. The number of nitrogens with zero attached hydrogens (tertiary/aromatic N) is 2. The van der Waals surface area contributed by atoms with Crippen LogP contribution in [0.4, 0.5) is 20.9 Å². The van der Waals surface area contributed by atoms with Gasteiger partial charge in [-0.2, -0.15) is 0 Å². The van der Waals surface area contributed by atoms with E-state index in [0.29, 0.717) is 15.4 Å². The van der Waals surface area contributed by atoms with Crippen LogP contribution in [0.1, 0.15) is 32.3 Å². The van der Waals surface area contributed by atoms with Crippen molar-refractivity contribution in [2.75, 3.05) is 10.6 Å². The molecule has 28 heavy (non-hydrogen) atoms. The summed E-state index contributed by atoms with van der Waals surface area (Å²) >= 11 is 2.65. The van der Waals surface area contributed by atoms with Crippen molar-refractivity contribution in [3.63, 3.8) is 0 Å². The summed E-state index contributed by atoms with van der Waals surface area (Å²) in [5.41, 5.74) is 2.38. The lowest BCUT2D eigenvalue weighted by molar-refractivity contribution is -0.115. The molecule has 8 heteroatoms. The molecular weight excluding hydrogens is 395 g/mol. The molecule has 0 saturated heterocycles. The lowest BCUT2D eigenvalue weighted by Crippen LogP contribution is -2.22. The van der Waals surface area contributed by atoms with Crippen LogP contribution in [0.5, 0.6) is 0 Å². The fourth-order valence-corrected chi connectivity index (χ4v) is 4.30. The monoisotopic (exact) mass is 416 g/mol. The van der Waals surface area contributed by atoms with Gasteiger partial charge in [0.15, 0.2) is 4.34 Å². The first-order valence-corrected chi connectivity index (χ1v) is 10.5. The number of rotatable bonds is 7. The van der Waals surface area contributed by atoms with Crippen LogP contribution in [0.2, 0.25) is 0 Å². The first-order chi connectivity index (χ1) is 13.4. The van der Waals surface area contributed by atoms with Crippen molar-refractivity contribution in [1.82, 2.24) is 10.2 Å². The van der Waals surface area contributed by atoms with E-state index in [1.807, 2.05) is 12.1 Å². The van der Waals surface area contributed by atoms with Crippen molar-refractivity contribution in [2.24, 2.45) is 0 Å². The maximum absolute atomic E-state index is 13.7. The van der Waals surface area contributed by atoms with E-state index in [1.165, 1.54) is 40.8 Å². The number of benzene rings is 2. The van der Waals surface area contributed by atoms with Gasteiger partial charge in [0.25, 0.3) is 0 Å². The third-order valence-corrected chi connectivity index (χ3v) is 6.04. The fraction of sp³-hybridized carbons (Fsp3) is 0.250. The Kier molecular flexibility index (Phi) is 6.64. The number of para-hydroxylation sites is 1. The third kappa shape index (κ3) is 5.30. The van der Waals surface area contributed by atoms with Gasteiger partial charge in [0.1, 0.15) is 5.82 Å². The SMILES string of the molecule is CC(C)c1ccc(Nc2nnc(S[C@H](C)C(=O)Nc3ccccc3F)s2)cc1. The minimum absolute atomic E-state index is 0.171. The van der Waals surface area contributed by atoms with E-state index < -0.39 is 11.1 Å². The number of hydrogen-bond donors (Lipinski definition) is 2. The second-order valence-corrected chi connectivity index (χ2v) is 9.07. The summed E-state index contributed by atoms with van der Waals surface area (Å²) in [6, 6.07) is 14.3. The molecule has 0 aliphatic carbocycles. The first-order valence-electron chi connectivity index (χ1n) is 8.85. The minimum Gasteiger partial charge on any atom is -0.330 e. The quantitative estimate of drug-likeness (QED) is 0.486. The molecule has 5 nitrogen and oxygen atoms in total. The first kappa shape index (κ1) is 20.3. The second-order valence-electron chi connectivity index (χ2n) is 6.50. The zero-order chi connectivity index (χ0) is 20.1. The van der Waals surface area contributed by atoms with Gasteiger partial charge >= 0.3 is 0 Å². The van der Waals surface area contributed by atoms with Crippen molar-refractivity contribution in [2.45, 2.75) is 36.3 Å². The third-order valence-electron chi connectivity index (χ3n) is 4.01. The Bertz CT molecular complexity index is 943. The summed E-state index contributed by atoms with van der Waals surface area (Å²) in [6.07, 6.45) is 0. The molecule has 0 bridgehead atoms. The Hall–Kier alpha value is -2.45. The lowest BCUT2D eigenvalue weighted by Gasteiger charge is -2.10. The molecule has 1 atom stereocenters. The van der Waals surface area contributed by atoms with Gasteiger partial charge in [-0.3, -0.25) is 4.79 Å². The Morgan fingerprint density at radius 1 is 1.07 bits per heavy atom. The number of nitrogens with one attached hydrogen (secondary N) is 2. The molecule has 0 spiro atoms. The summed E-state index contributed by atoms with van der Waals surface area (Å²) in [5, 5.41) is 14.3. The predicted molar refractivity (Wildman–Crippen MR) is 114 cm³/mol. The Morgan fingerprint density at radius 3 is 2.46 bits per heavy atom. The zero-order valence-electron chi connectivity index (χ0n) is 15.8. The van der Waals surface area contributed by atoms with Crippen molar-refractivity contribution < 1.29 is 9.18 Å². The molecule has 1 amide bonds. The average Bonchev–Trinajstić information content (AvgIpc) is 3.10. The van der Waals surface area contributed by atoms with Crippen LogP contribution < -0.4 is 10.6 Å². The Balaban J connectivity index is 1.57. The Labute approximate surface area is 171 Å². The number of carbonyl (C=O) groups excluding carboxylic acids is 1. The van der Waals surface area contributed by atoms with Crippen molar-refractivity contribution >= 4 is 45.5 Å². The lowest BCUT2D eigenvalue weighted by atomic mass is 10.0. The molecule has 0 radical (unpaired) electrons. The molecule has 3 rings (SSSR count). The van der Waals surface area contributed by atoms with Crippen molar-refractivity contribution in [1.29, 1.82) is 0 Å². The predicted octanol–water partition coefficient (Wildman–Crippen LogP) is 5.66. The molecular formula is C20H21FN4OS2. The van der Waals surface area contributed by atoms with Gasteiger partial charge in [-0.1, -0.05) is 61.2 Å². The number of aromatic nitrogens is 2. The highest BCUT2D eigenvalue weighted by Crippen LogP contribution is 2.31. The van der Waals surface area contributed by atoms with Gasteiger partial charge in [0.2, 0.25) is 11.0 Å². The van der Waals surface area contributed by atoms with Crippen LogP contribution in [-0.4, -0.2) is 21.4 Å². The normalized spacial score (nSPS) is 12.0. The molecule has 0 unspecified atom stereocenters. The fourth-order valence-electron chi connectivity index (χ4n) is 2.38. The minimum atomic E-state index is -0.459. The number of thioether (sulfide) groups is 1. The van der Waals surface area contributed by atoms with Crippen LogP contribution in [0.3, 0.4) is 0 Å². The second kappa shape index (κ2) is 9.16. The molecule has 2 aromatic carbocycles. The van der Waals surface area contributed by atoms with E-state index in [-0.39, 0.29) is 11.6 Å². The van der Waals surface area contributed by atoms with Gasteiger partial charge in [-0.05, 0) is 42.7 Å². The van der Waals surface area contributed by atoms with Gasteiger partial charge in [0.05, 0.1) is 10.9 Å². The molecule has 2 N–H and O–H groups in total. The maximum atomic E-state index is 13.7. The molecule has 1 aromatic heterocycles. The highest BCUT2D eigenvalue weighted by molar-refractivity contribution is 8.02. The topological polar surface area (TPSA) is 66.9 Å². The van der Waals surface area contributed by atoms with Crippen LogP contribution >= 0.6 is 23.1 Å². The molecule has 1 heterocycles. The van der Waals surface area contributed by atoms with Crippen LogP contribution in [0.15, 0.2) is 52.9 Å². The van der Waals surface area contributed by atoms with E-state index in [1.54, 1.807) is 19.1 Å². The number of carbonyl (C=O) groups is 1. The number of amides is 1. The number of anilines is 3. The van der Waals surface area contributed by atoms with Crippen LogP contribution in [0, 0.1) is 5.82 Å². The number of halogens is 1. The van der Waals surface area contributed by atoms with Gasteiger partial charge in [-0.25, -0.2) is 4.39 Å². The summed E-state index contributed by atoms with van der Waals surface area (Å²) < 4.78 is 14.3. The van der Waals surface area contributed by atoms with Crippen LogP contribution in [0.25, 0.3) is 0 Å². The van der Waals surface area contributed by atoms with E-state index >= 15 is 0 Å². The van der Waals surface area contributed by atoms with E-state index in [2.05, 4.69) is 46.8 Å². The van der Waals surface area contributed by atoms with Gasteiger partial charge < -0.3 is 10.6 Å². The highest BCUT2D eigenvalue weighted by atomic mass is 32.2. The molecule has 0 saturated carbocycles. The summed E-state index contributed by atoms with van der Waals surface area (Å²) in [7, 11) is 0. The molecule has 3 aromatic rings. The molecule has 0 fully saturated rings. The smallest absolute Gasteiger partial charge is 0.237 e. The van der Waals surface area contributed by atoms with E-state index in [4.69, 9.17) is 0 Å². The molecule has 146 valence electrons. The van der Waals surface area contributed by atoms with Gasteiger partial charge in [0, 0.05) is 5.69 Å². The highest BCUT2D eigenvalue weighted by Gasteiger charge is 2.18. The van der Waals surface area contributed by atoms with Gasteiger partial charge in [-0.15, -0.1) is 10.2 Å². The average molecular weight is 417 g/mol. The summed E-state index contributed by atoms with van der Waals surface area (Å²) in [5.74, 6) is -0.265. The van der Waals surface area contributed by atoms with Crippen molar-refractivity contribution in [3.05, 3.63) is 59.9 Å².